The van der Waals surface area contributed by atoms with Gasteiger partial charge in [-0.1, -0.05) is 0 Å². The van der Waals surface area contributed by atoms with Crippen LogP contribution in [-0.4, -0.2) is 35.9 Å². The fraction of sp³-hybridized carbons (Fsp3) is 1.00. The summed E-state index contributed by atoms with van der Waals surface area (Å²) in [6.45, 7) is 8.94. The largest absolute Gasteiger partial charge is 0.388 e. The van der Waals surface area contributed by atoms with Gasteiger partial charge in [0.2, 0.25) is 0 Å². The predicted molar refractivity (Wildman–Crippen MR) is 54.8 cm³/mol. The Balaban J connectivity index is 2.33. The van der Waals surface area contributed by atoms with Crippen LogP contribution in [0.25, 0.3) is 0 Å². The van der Waals surface area contributed by atoms with Crippen molar-refractivity contribution >= 4 is 0 Å². The summed E-state index contributed by atoms with van der Waals surface area (Å²) in [5.41, 5.74) is -0.390. The fourth-order valence-electron chi connectivity index (χ4n) is 1.50. The van der Waals surface area contributed by atoms with Crippen molar-refractivity contribution in [1.29, 1.82) is 0 Å². The van der Waals surface area contributed by atoms with E-state index >= 15 is 0 Å². The number of hydrogen-bond acceptors (Lipinski definition) is 3. The van der Waals surface area contributed by atoms with Crippen molar-refractivity contribution in [1.82, 2.24) is 10.6 Å². The minimum Gasteiger partial charge on any atom is -0.388 e. The van der Waals surface area contributed by atoms with Crippen LogP contribution < -0.4 is 10.6 Å². The van der Waals surface area contributed by atoms with Gasteiger partial charge in [0, 0.05) is 12.1 Å². The molecule has 0 bridgehead atoms. The molecule has 1 heterocycles. The van der Waals surface area contributed by atoms with Crippen LogP contribution in [0.1, 0.15) is 33.6 Å². The maximum Gasteiger partial charge on any atom is 0.0795 e. The molecular formula is C10H22N2O. The molecule has 0 radical (unpaired) electrons. The Morgan fingerprint density at radius 2 is 1.85 bits per heavy atom. The molecule has 3 N–H and O–H groups in total. The zero-order chi connectivity index (χ0) is 9.95. The predicted octanol–water partition coefficient (Wildman–Crippen LogP) is 0.489. The molecule has 78 valence electrons. The van der Waals surface area contributed by atoms with E-state index in [2.05, 4.69) is 31.4 Å². The van der Waals surface area contributed by atoms with E-state index in [-0.39, 0.29) is 5.54 Å². The van der Waals surface area contributed by atoms with Gasteiger partial charge in [0.25, 0.3) is 0 Å². The van der Waals surface area contributed by atoms with Crippen molar-refractivity contribution in [3.05, 3.63) is 0 Å². The molecule has 1 saturated heterocycles. The standard InChI is InChI=1S/C10H22N2O/c1-9(2,3)12-8-10(13)4-6-11-7-5-10/h11-13H,4-8H2,1-3H3. The summed E-state index contributed by atoms with van der Waals surface area (Å²) in [6, 6.07) is 0. The Morgan fingerprint density at radius 1 is 1.31 bits per heavy atom. The van der Waals surface area contributed by atoms with Gasteiger partial charge in [-0.2, -0.15) is 0 Å². The second kappa shape index (κ2) is 3.95. The third-order valence-corrected chi connectivity index (χ3v) is 2.48. The number of hydrogen-bond donors (Lipinski definition) is 3. The van der Waals surface area contributed by atoms with E-state index in [4.69, 9.17) is 0 Å². The molecule has 1 aliphatic heterocycles. The van der Waals surface area contributed by atoms with Crippen molar-refractivity contribution in [3.8, 4) is 0 Å². The minimum absolute atomic E-state index is 0.0978. The minimum atomic E-state index is -0.488. The monoisotopic (exact) mass is 186 g/mol. The lowest BCUT2D eigenvalue weighted by Gasteiger charge is -2.35. The molecule has 1 aliphatic rings. The zero-order valence-electron chi connectivity index (χ0n) is 8.98. The molecule has 0 saturated carbocycles. The molecule has 0 aliphatic carbocycles. The van der Waals surface area contributed by atoms with Gasteiger partial charge >= 0.3 is 0 Å². The van der Waals surface area contributed by atoms with E-state index in [1.54, 1.807) is 0 Å². The van der Waals surface area contributed by atoms with Crippen LogP contribution in [0.5, 0.6) is 0 Å². The third-order valence-electron chi connectivity index (χ3n) is 2.48. The van der Waals surface area contributed by atoms with Crippen molar-refractivity contribution < 1.29 is 5.11 Å². The average molecular weight is 186 g/mol. The van der Waals surface area contributed by atoms with Gasteiger partial charge in [-0.05, 0) is 46.7 Å². The Morgan fingerprint density at radius 3 is 2.31 bits per heavy atom. The highest BCUT2D eigenvalue weighted by Gasteiger charge is 2.29. The molecule has 3 nitrogen and oxygen atoms in total. The first-order chi connectivity index (χ1) is 5.91. The number of aliphatic hydroxyl groups is 1. The van der Waals surface area contributed by atoms with Gasteiger partial charge in [-0.15, -0.1) is 0 Å². The van der Waals surface area contributed by atoms with Crippen molar-refractivity contribution in [2.24, 2.45) is 0 Å². The Kier molecular flexibility index (Phi) is 3.33. The van der Waals surface area contributed by atoms with Crippen molar-refractivity contribution in [3.63, 3.8) is 0 Å². The van der Waals surface area contributed by atoms with Gasteiger partial charge in [-0.3, -0.25) is 0 Å². The van der Waals surface area contributed by atoms with Gasteiger partial charge in [0.05, 0.1) is 5.60 Å². The number of β-amino-alcohol motifs (C(OH)–C–C–N with tert-alkyl or cyclic N) is 1. The van der Waals surface area contributed by atoms with Crippen molar-refractivity contribution in [2.75, 3.05) is 19.6 Å². The average Bonchev–Trinajstić information content (AvgIpc) is 2.02. The van der Waals surface area contributed by atoms with Gasteiger partial charge in [0.15, 0.2) is 0 Å². The Labute approximate surface area is 80.9 Å². The molecule has 0 spiro atoms. The summed E-state index contributed by atoms with van der Waals surface area (Å²) >= 11 is 0. The quantitative estimate of drug-likeness (QED) is 0.588. The highest BCUT2D eigenvalue weighted by Crippen LogP contribution is 2.17. The first-order valence-electron chi connectivity index (χ1n) is 5.09. The number of nitrogens with one attached hydrogen (secondary N) is 2. The Hall–Kier alpha value is -0.120. The Bertz CT molecular complexity index is 157. The summed E-state index contributed by atoms with van der Waals surface area (Å²) < 4.78 is 0. The van der Waals surface area contributed by atoms with Crippen LogP contribution in [0, 0.1) is 0 Å². The first-order valence-corrected chi connectivity index (χ1v) is 5.09. The molecule has 0 aromatic rings. The summed E-state index contributed by atoms with van der Waals surface area (Å²) in [5, 5.41) is 16.7. The van der Waals surface area contributed by atoms with Gasteiger partial charge < -0.3 is 15.7 Å². The molecule has 1 rings (SSSR count). The molecule has 0 aromatic heterocycles. The van der Waals surface area contributed by atoms with Crippen LogP contribution in [0.4, 0.5) is 0 Å². The topological polar surface area (TPSA) is 44.3 Å². The lowest BCUT2D eigenvalue weighted by molar-refractivity contribution is 0.00618. The van der Waals surface area contributed by atoms with E-state index < -0.39 is 5.60 Å². The number of piperidine rings is 1. The van der Waals surface area contributed by atoms with Gasteiger partial charge in [-0.25, -0.2) is 0 Å². The maximum absolute atomic E-state index is 10.1. The molecule has 0 unspecified atom stereocenters. The fourth-order valence-corrected chi connectivity index (χ4v) is 1.50. The lowest BCUT2D eigenvalue weighted by Crippen LogP contribution is -2.52. The van der Waals surface area contributed by atoms with Crippen molar-refractivity contribution in [2.45, 2.75) is 44.8 Å². The highest BCUT2D eigenvalue weighted by atomic mass is 16.3. The smallest absolute Gasteiger partial charge is 0.0795 e. The van der Waals surface area contributed by atoms with E-state index in [1.165, 1.54) is 0 Å². The second-order valence-corrected chi connectivity index (χ2v) is 5.08. The van der Waals surface area contributed by atoms with Crippen LogP contribution in [0.2, 0.25) is 0 Å². The summed E-state index contributed by atoms with van der Waals surface area (Å²) in [4.78, 5) is 0. The first kappa shape index (κ1) is 11.0. The molecule has 3 heteroatoms. The number of rotatable bonds is 2. The molecular weight excluding hydrogens is 164 g/mol. The maximum atomic E-state index is 10.1. The second-order valence-electron chi connectivity index (χ2n) is 5.08. The van der Waals surface area contributed by atoms with E-state index in [1.807, 2.05) is 0 Å². The summed E-state index contributed by atoms with van der Waals surface area (Å²) in [6.07, 6.45) is 1.71. The molecule has 1 fully saturated rings. The lowest BCUT2D eigenvalue weighted by atomic mass is 9.91. The molecule has 13 heavy (non-hydrogen) atoms. The highest BCUT2D eigenvalue weighted by molar-refractivity contribution is 4.88. The summed E-state index contributed by atoms with van der Waals surface area (Å²) in [7, 11) is 0. The van der Waals surface area contributed by atoms with Crippen LogP contribution in [0.3, 0.4) is 0 Å². The van der Waals surface area contributed by atoms with Crippen LogP contribution >= 0.6 is 0 Å². The summed E-state index contributed by atoms with van der Waals surface area (Å²) in [5.74, 6) is 0. The van der Waals surface area contributed by atoms with E-state index in [9.17, 15) is 5.11 Å². The molecule has 0 aromatic carbocycles. The SMILES string of the molecule is CC(C)(C)NCC1(O)CCNCC1. The van der Waals surface area contributed by atoms with Gasteiger partial charge in [0.1, 0.15) is 0 Å². The molecule has 0 amide bonds. The van der Waals surface area contributed by atoms with Crippen LogP contribution in [-0.2, 0) is 0 Å². The third kappa shape index (κ3) is 4.07. The van der Waals surface area contributed by atoms with E-state index in [0.29, 0.717) is 6.54 Å². The molecule has 0 atom stereocenters. The van der Waals surface area contributed by atoms with Crippen LogP contribution in [0.15, 0.2) is 0 Å². The zero-order valence-corrected chi connectivity index (χ0v) is 8.98. The normalized spacial score (nSPS) is 23.1. The van der Waals surface area contributed by atoms with E-state index in [0.717, 1.165) is 25.9 Å².